The average Bonchev–Trinajstić information content (AvgIpc) is 2.62. The van der Waals surface area contributed by atoms with Gasteiger partial charge >= 0.3 is 6.18 Å². The van der Waals surface area contributed by atoms with Gasteiger partial charge in [0.25, 0.3) is 5.69 Å². The van der Waals surface area contributed by atoms with E-state index in [0.717, 1.165) is 17.7 Å². The fourth-order valence-electron chi connectivity index (χ4n) is 2.77. The largest absolute Gasteiger partial charge is 0.416 e. The van der Waals surface area contributed by atoms with E-state index in [4.69, 9.17) is 9.47 Å². The van der Waals surface area contributed by atoms with E-state index < -0.39 is 34.2 Å². The number of nitro benzene ring substituents is 1. The van der Waals surface area contributed by atoms with Gasteiger partial charge in [-0.25, -0.2) is 0 Å². The van der Waals surface area contributed by atoms with Gasteiger partial charge in [-0.3, -0.25) is 10.1 Å². The highest BCUT2D eigenvalue weighted by Crippen LogP contribution is 2.37. The van der Waals surface area contributed by atoms with E-state index in [2.05, 4.69) is 5.32 Å². The zero-order chi connectivity index (χ0) is 19.7. The molecule has 27 heavy (non-hydrogen) atoms. The minimum atomic E-state index is -4.66. The quantitative estimate of drug-likeness (QED) is 0.621. The molecule has 1 N–H and O–H groups in total. The summed E-state index contributed by atoms with van der Waals surface area (Å²) >= 11 is 0. The molecule has 1 heterocycles. The van der Waals surface area contributed by atoms with Crippen molar-refractivity contribution in [2.24, 2.45) is 0 Å². The Kier molecular flexibility index (Phi) is 5.07. The van der Waals surface area contributed by atoms with Gasteiger partial charge in [-0.1, -0.05) is 30.3 Å². The van der Waals surface area contributed by atoms with Crippen LogP contribution in [0.15, 0.2) is 48.5 Å². The Morgan fingerprint density at radius 2 is 1.78 bits per heavy atom. The lowest BCUT2D eigenvalue weighted by atomic mass is 10.0. The molecule has 1 fully saturated rings. The number of hydrogen-bond acceptors (Lipinski definition) is 5. The molecular weight excluding hydrogens is 365 g/mol. The van der Waals surface area contributed by atoms with Crippen LogP contribution >= 0.6 is 0 Å². The van der Waals surface area contributed by atoms with E-state index in [1.165, 1.54) is 0 Å². The molecule has 0 aromatic heterocycles. The topological polar surface area (TPSA) is 73.6 Å². The van der Waals surface area contributed by atoms with Crippen LogP contribution in [0.2, 0.25) is 0 Å². The Hall–Kier alpha value is -2.65. The minimum Gasteiger partial charge on any atom is -0.370 e. The molecule has 0 aliphatic carbocycles. The third-order valence-electron chi connectivity index (χ3n) is 4.14. The van der Waals surface area contributed by atoms with E-state index in [0.29, 0.717) is 6.07 Å². The van der Waals surface area contributed by atoms with Gasteiger partial charge in [0.15, 0.2) is 6.29 Å². The fraction of sp³-hybridized carbons (Fsp3) is 0.333. The summed E-state index contributed by atoms with van der Waals surface area (Å²) in [5.74, 6) is 0. The maximum atomic E-state index is 12.8. The number of alkyl halides is 3. The molecule has 2 aromatic rings. The monoisotopic (exact) mass is 382 g/mol. The molecule has 6 nitrogen and oxygen atoms in total. The predicted octanol–water partition coefficient (Wildman–Crippen LogP) is 4.53. The summed E-state index contributed by atoms with van der Waals surface area (Å²) in [5.41, 5.74) is -1.77. The molecule has 3 rings (SSSR count). The number of benzene rings is 2. The molecule has 0 unspecified atom stereocenters. The molecule has 144 valence electrons. The standard InChI is InChI=1S/C18H17F3N2O4/c1-17(10-26-16(27-11-17)12-5-3-2-4-6-12)22-14-8-7-13(18(19,20)21)9-15(14)23(24)25/h2-9,16,22H,10-11H2,1H3. The van der Waals surface area contributed by atoms with Crippen molar-refractivity contribution < 1.29 is 27.6 Å². The number of nitro groups is 1. The summed E-state index contributed by atoms with van der Waals surface area (Å²) in [7, 11) is 0. The first-order valence-corrected chi connectivity index (χ1v) is 8.10. The van der Waals surface area contributed by atoms with Crippen LogP contribution in [0.3, 0.4) is 0 Å². The number of anilines is 1. The van der Waals surface area contributed by atoms with Crippen LogP contribution in [-0.2, 0) is 15.7 Å². The van der Waals surface area contributed by atoms with Crippen LogP contribution < -0.4 is 5.32 Å². The van der Waals surface area contributed by atoms with Crippen molar-refractivity contribution in [3.63, 3.8) is 0 Å². The minimum absolute atomic E-state index is 0.0270. The van der Waals surface area contributed by atoms with Gasteiger partial charge in [0.1, 0.15) is 5.69 Å². The second-order valence-corrected chi connectivity index (χ2v) is 6.54. The van der Waals surface area contributed by atoms with E-state index in [-0.39, 0.29) is 18.9 Å². The first-order chi connectivity index (χ1) is 12.7. The molecule has 1 aliphatic heterocycles. The smallest absolute Gasteiger partial charge is 0.370 e. The molecule has 2 aromatic carbocycles. The lowest BCUT2D eigenvalue weighted by molar-refractivity contribution is -0.384. The summed E-state index contributed by atoms with van der Waals surface area (Å²) in [4.78, 5) is 10.4. The van der Waals surface area contributed by atoms with Gasteiger partial charge in [0, 0.05) is 11.6 Å². The highest BCUT2D eigenvalue weighted by atomic mass is 19.4. The normalized spacial score (nSPS) is 23.0. The third kappa shape index (κ3) is 4.37. The second-order valence-electron chi connectivity index (χ2n) is 6.54. The Morgan fingerprint density at radius 1 is 1.15 bits per heavy atom. The SMILES string of the molecule is CC1(Nc2ccc(C(F)(F)F)cc2[N+](=O)[O-])COC(c2ccccc2)OC1. The molecule has 0 amide bonds. The molecule has 0 saturated carbocycles. The van der Waals surface area contributed by atoms with Crippen molar-refractivity contribution in [1.82, 2.24) is 0 Å². The van der Waals surface area contributed by atoms with Gasteiger partial charge in [-0.05, 0) is 19.1 Å². The highest BCUT2D eigenvalue weighted by Gasteiger charge is 2.37. The summed E-state index contributed by atoms with van der Waals surface area (Å²) < 4.78 is 49.8. The van der Waals surface area contributed by atoms with Gasteiger partial charge in [0.2, 0.25) is 0 Å². The van der Waals surface area contributed by atoms with Gasteiger partial charge in [0.05, 0.1) is 29.2 Å². The third-order valence-corrected chi connectivity index (χ3v) is 4.14. The molecular formula is C18H17F3N2O4. The Labute approximate surface area is 153 Å². The molecule has 0 spiro atoms. The molecule has 9 heteroatoms. The zero-order valence-corrected chi connectivity index (χ0v) is 14.3. The van der Waals surface area contributed by atoms with E-state index in [1.807, 2.05) is 30.3 Å². The fourth-order valence-corrected chi connectivity index (χ4v) is 2.77. The molecule has 0 atom stereocenters. The van der Waals surface area contributed by atoms with E-state index in [1.54, 1.807) is 6.92 Å². The van der Waals surface area contributed by atoms with Crippen LogP contribution in [0.4, 0.5) is 24.5 Å². The predicted molar refractivity (Wildman–Crippen MR) is 91.2 cm³/mol. The zero-order valence-electron chi connectivity index (χ0n) is 14.3. The van der Waals surface area contributed by atoms with Crippen molar-refractivity contribution in [2.45, 2.75) is 24.9 Å². The lowest BCUT2D eigenvalue weighted by Crippen LogP contribution is -2.48. The molecule has 0 radical (unpaired) electrons. The summed E-state index contributed by atoms with van der Waals surface area (Å²) in [5, 5.41) is 14.1. The van der Waals surface area contributed by atoms with Crippen LogP contribution in [0, 0.1) is 10.1 Å². The van der Waals surface area contributed by atoms with Gasteiger partial charge in [-0.15, -0.1) is 0 Å². The Balaban J connectivity index is 1.76. The van der Waals surface area contributed by atoms with Crippen molar-refractivity contribution in [1.29, 1.82) is 0 Å². The number of hydrogen-bond donors (Lipinski definition) is 1. The van der Waals surface area contributed by atoms with Crippen molar-refractivity contribution in [3.05, 3.63) is 69.8 Å². The Bertz CT molecular complexity index is 819. The molecule has 1 saturated heterocycles. The number of nitrogens with zero attached hydrogens (tertiary/aromatic N) is 1. The summed E-state index contributed by atoms with van der Waals surface area (Å²) in [6.07, 6.45) is -5.23. The summed E-state index contributed by atoms with van der Waals surface area (Å²) in [6, 6.07) is 11.6. The lowest BCUT2D eigenvalue weighted by Gasteiger charge is -2.38. The van der Waals surface area contributed by atoms with Crippen molar-refractivity contribution in [3.8, 4) is 0 Å². The van der Waals surface area contributed by atoms with Gasteiger partial charge in [-0.2, -0.15) is 13.2 Å². The highest BCUT2D eigenvalue weighted by molar-refractivity contribution is 5.64. The van der Waals surface area contributed by atoms with Crippen molar-refractivity contribution >= 4 is 11.4 Å². The second kappa shape index (κ2) is 7.16. The number of rotatable bonds is 4. The maximum Gasteiger partial charge on any atom is 0.416 e. The van der Waals surface area contributed by atoms with Crippen LogP contribution in [-0.4, -0.2) is 23.7 Å². The van der Waals surface area contributed by atoms with Crippen LogP contribution in [0.1, 0.15) is 24.3 Å². The van der Waals surface area contributed by atoms with Crippen LogP contribution in [0.25, 0.3) is 0 Å². The van der Waals surface area contributed by atoms with E-state index >= 15 is 0 Å². The molecule has 1 aliphatic rings. The van der Waals surface area contributed by atoms with Gasteiger partial charge < -0.3 is 14.8 Å². The first-order valence-electron chi connectivity index (χ1n) is 8.10. The van der Waals surface area contributed by atoms with E-state index in [9.17, 15) is 23.3 Å². The molecule has 0 bridgehead atoms. The first kappa shape index (κ1) is 19.1. The number of nitrogens with one attached hydrogen (secondary N) is 1. The van der Waals surface area contributed by atoms with Crippen molar-refractivity contribution in [2.75, 3.05) is 18.5 Å². The average molecular weight is 382 g/mol. The van der Waals surface area contributed by atoms with Crippen LogP contribution in [0.5, 0.6) is 0 Å². The maximum absolute atomic E-state index is 12.8. The Morgan fingerprint density at radius 3 is 2.33 bits per heavy atom. The summed E-state index contributed by atoms with van der Waals surface area (Å²) in [6.45, 7) is 2.03. The number of halogens is 3. The number of ether oxygens (including phenoxy) is 2.